The summed E-state index contributed by atoms with van der Waals surface area (Å²) >= 11 is 0. The van der Waals surface area contributed by atoms with Crippen molar-refractivity contribution in [2.75, 3.05) is 13.9 Å². The lowest BCUT2D eigenvalue weighted by Crippen LogP contribution is -2.38. The zero-order chi connectivity index (χ0) is 17.7. The van der Waals surface area contributed by atoms with E-state index in [2.05, 4.69) is 39.8 Å². The molecule has 0 heterocycles. The van der Waals surface area contributed by atoms with Crippen molar-refractivity contribution >= 4 is 0 Å². The third kappa shape index (κ3) is 4.81. The van der Waals surface area contributed by atoms with Crippen LogP contribution in [0.4, 0.5) is 0 Å². The fourth-order valence-corrected chi connectivity index (χ4v) is 3.82. The Bertz CT molecular complexity index is 517. The van der Waals surface area contributed by atoms with E-state index in [1.54, 1.807) is 7.11 Å². The van der Waals surface area contributed by atoms with Crippen LogP contribution < -0.4 is 0 Å². The standard InChI is InChI=1S/C21H34O3/c1-15-7-6-8-16(2)11-19(22)18-13-21(4,10-9-15)17(3)12-20(18)24-14-23-5/h7,11,13,17,19-20,22H,6,8-10,12,14H2,1-5H3/b15-7+,16-11+/t17-,19-,20+,21+/m1/s1. The van der Waals surface area contributed by atoms with E-state index in [0.29, 0.717) is 5.92 Å². The van der Waals surface area contributed by atoms with E-state index in [1.807, 2.05) is 6.08 Å². The van der Waals surface area contributed by atoms with Crippen LogP contribution in [0, 0.1) is 11.3 Å². The number of aliphatic hydroxyl groups excluding tert-OH is 1. The quantitative estimate of drug-likeness (QED) is 0.596. The first-order chi connectivity index (χ1) is 11.4. The molecule has 4 atom stereocenters. The fourth-order valence-electron chi connectivity index (χ4n) is 3.82. The molecule has 3 heteroatoms. The van der Waals surface area contributed by atoms with Crippen molar-refractivity contribution in [2.24, 2.45) is 11.3 Å². The lowest BCUT2D eigenvalue weighted by atomic mass is 9.66. The van der Waals surface area contributed by atoms with Crippen molar-refractivity contribution in [2.45, 2.75) is 72.0 Å². The average molecular weight is 335 g/mol. The first-order valence-corrected chi connectivity index (χ1v) is 9.20. The summed E-state index contributed by atoms with van der Waals surface area (Å²) in [5, 5.41) is 10.8. The minimum atomic E-state index is -0.566. The second-order valence-corrected chi connectivity index (χ2v) is 7.90. The number of ether oxygens (including phenoxy) is 2. The topological polar surface area (TPSA) is 38.7 Å². The highest BCUT2D eigenvalue weighted by molar-refractivity contribution is 5.28. The van der Waals surface area contributed by atoms with Crippen LogP contribution in [0.3, 0.4) is 0 Å². The van der Waals surface area contributed by atoms with Crippen LogP contribution in [-0.2, 0) is 9.47 Å². The number of allylic oxidation sites excluding steroid dienone is 4. The molecule has 136 valence electrons. The molecule has 0 radical (unpaired) electrons. The molecule has 0 aliphatic heterocycles. The summed E-state index contributed by atoms with van der Waals surface area (Å²) in [5.74, 6) is 0.510. The predicted molar refractivity (Wildman–Crippen MR) is 98.7 cm³/mol. The molecule has 0 unspecified atom stereocenters. The third-order valence-corrected chi connectivity index (χ3v) is 5.82. The second kappa shape index (κ2) is 8.46. The Labute approximate surface area is 147 Å². The second-order valence-electron chi connectivity index (χ2n) is 7.90. The summed E-state index contributed by atoms with van der Waals surface area (Å²) in [6, 6.07) is 0. The fraction of sp³-hybridized carbons (Fsp3) is 0.714. The minimum absolute atomic E-state index is 0.0633. The SMILES string of the molecule is COCO[C@H]1C[C@@H](C)[C@]2(C)C=C1[C@H](O)/C=C(\C)CC/C=C(\C)CC2. The van der Waals surface area contributed by atoms with Crippen LogP contribution in [0.15, 0.2) is 34.9 Å². The zero-order valence-corrected chi connectivity index (χ0v) is 16.0. The summed E-state index contributed by atoms with van der Waals surface area (Å²) in [5.41, 5.74) is 3.82. The van der Waals surface area contributed by atoms with E-state index in [9.17, 15) is 5.11 Å². The lowest BCUT2D eigenvalue weighted by molar-refractivity contribution is -0.0775. The van der Waals surface area contributed by atoms with Gasteiger partial charge in [0, 0.05) is 7.11 Å². The Morgan fingerprint density at radius 3 is 2.71 bits per heavy atom. The van der Waals surface area contributed by atoms with Gasteiger partial charge in [0.1, 0.15) is 6.79 Å². The summed E-state index contributed by atoms with van der Waals surface area (Å²) in [6.45, 7) is 9.24. The van der Waals surface area contributed by atoms with E-state index in [-0.39, 0.29) is 18.3 Å². The average Bonchev–Trinajstić information content (AvgIpc) is 2.53. The highest BCUT2D eigenvalue weighted by Gasteiger charge is 2.38. The zero-order valence-electron chi connectivity index (χ0n) is 16.0. The molecule has 24 heavy (non-hydrogen) atoms. The van der Waals surface area contributed by atoms with Gasteiger partial charge in [0.25, 0.3) is 0 Å². The summed E-state index contributed by atoms with van der Waals surface area (Å²) in [4.78, 5) is 0. The van der Waals surface area contributed by atoms with Gasteiger partial charge in [-0.05, 0) is 62.9 Å². The lowest BCUT2D eigenvalue weighted by Gasteiger charge is -2.42. The molecular formula is C21H34O3. The monoisotopic (exact) mass is 334 g/mol. The molecule has 0 aromatic carbocycles. The van der Waals surface area contributed by atoms with Gasteiger partial charge in [-0.2, -0.15) is 0 Å². The molecule has 2 aliphatic rings. The van der Waals surface area contributed by atoms with Gasteiger partial charge >= 0.3 is 0 Å². The van der Waals surface area contributed by atoms with Gasteiger partial charge in [0.05, 0.1) is 12.2 Å². The Kier molecular flexibility index (Phi) is 6.85. The molecule has 0 aromatic heterocycles. The van der Waals surface area contributed by atoms with Gasteiger partial charge in [0.15, 0.2) is 0 Å². The first-order valence-electron chi connectivity index (χ1n) is 9.20. The van der Waals surface area contributed by atoms with E-state index in [4.69, 9.17) is 9.47 Å². The molecule has 0 fully saturated rings. The van der Waals surface area contributed by atoms with Crippen molar-refractivity contribution in [1.29, 1.82) is 0 Å². The van der Waals surface area contributed by atoms with Crippen LogP contribution >= 0.6 is 0 Å². The van der Waals surface area contributed by atoms with Crippen LogP contribution in [0.5, 0.6) is 0 Å². The number of fused-ring (bicyclic) bond motifs is 1. The smallest absolute Gasteiger partial charge is 0.147 e. The Morgan fingerprint density at radius 1 is 1.25 bits per heavy atom. The minimum Gasteiger partial charge on any atom is -0.385 e. The largest absolute Gasteiger partial charge is 0.385 e. The summed E-state index contributed by atoms with van der Waals surface area (Å²) < 4.78 is 11.0. The molecular weight excluding hydrogens is 300 g/mol. The number of methoxy groups -OCH3 is 1. The van der Waals surface area contributed by atoms with Crippen molar-refractivity contribution in [3.05, 3.63) is 34.9 Å². The molecule has 2 rings (SSSR count). The van der Waals surface area contributed by atoms with E-state index >= 15 is 0 Å². The molecule has 0 amide bonds. The van der Waals surface area contributed by atoms with E-state index < -0.39 is 6.10 Å². The van der Waals surface area contributed by atoms with E-state index in [1.165, 1.54) is 11.1 Å². The number of rotatable bonds is 3. The van der Waals surface area contributed by atoms with Crippen molar-refractivity contribution in [1.82, 2.24) is 0 Å². The van der Waals surface area contributed by atoms with Crippen LogP contribution in [0.25, 0.3) is 0 Å². The molecule has 0 saturated carbocycles. The maximum absolute atomic E-state index is 10.8. The summed E-state index contributed by atoms with van der Waals surface area (Å²) in [7, 11) is 1.64. The Balaban J connectivity index is 2.38. The highest BCUT2D eigenvalue weighted by atomic mass is 16.7. The van der Waals surface area contributed by atoms with Crippen molar-refractivity contribution in [3.8, 4) is 0 Å². The highest BCUT2D eigenvalue weighted by Crippen LogP contribution is 2.45. The maximum atomic E-state index is 10.8. The molecule has 0 saturated heterocycles. The number of hydrogen-bond donors (Lipinski definition) is 1. The predicted octanol–water partition coefficient (Wildman–Crippen LogP) is 4.78. The van der Waals surface area contributed by atoms with Gasteiger partial charge in [-0.15, -0.1) is 0 Å². The van der Waals surface area contributed by atoms with Crippen LogP contribution in [0.2, 0.25) is 0 Å². The van der Waals surface area contributed by atoms with Gasteiger partial charge < -0.3 is 14.6 Å². The summed E-state index contributed by atoms with van der Waals surface area (Å²) in [6.07, 6.45) is 11.2. The molecule has 2 bridgehead atoms. The van der Waals surface area contributed by atoms with Crippen molar-refractivity contribution < 1.29 is 14.6 Å². The van der Waals surface area contributed by atoms with Gasteiger partial charge in [-0.25, -0.2) is 0 Å². The molecule has 1 N–H and O–H groups in total. The molecule has 0 aromatic rings. The first kappa shape index (κ1) is 19.4. The number of aliphatic hydroxyl groups is 1. The third-order valence-electron chi connectivity index (χ3n) is 5.82. The Hall–Kier alpha value is -0.900. The van der Waals surface area contributed by atoms with Crippen LogP contribution in [-0.4, -0.2) is 31.2 Å². The van der Waals surface area contributed by atoms with Gasteiger partial charge in [-0.1, -0.05) is 43.2 Å². The normalized spacial score (nSPS) is 39.6. The molecule has 2 aliphatic carbocycles. The van der Waals surface area contributed by atoms with E-state index in [0.717, 1.165) is 37.7 Å². The van der Waals surface area contributed by atoms with Gasteiger partial charge in [0.2, 0.25) is 0 Å². The maximum Gasteiger partial charge on any atom is 0.147 e. The number of hydrogen-bond acceptors (Lipinski definition) is 3. The Morgan fingerprint density at radius 2 is 2.00 bits per heavy atom. The van der Waals surface area contributed by atoms with Gasteiger partial charge in [-0.3, -0.25) is 0 Å². The molecule has 3 nitrogen and oxygen atoms in total. The molecule has 0 spiro atoms. The van der Waals surface area contributed by atoms with Crippen molar-refractivity contribution in [3.63, 3.8) is 0 Å². The van der Waals surface area contributed by atoms with Crippen LogP contribution in [0.1, 0.15) is 59.8 Å².